The summed E-state index contributed by atoms with van der Waals surface area (Å²) >= 11 is 0. The highest BCUT2D eigenvalue weighted by Crippen LogP contribution is 2.38. The van der Waals surface area contributed by atoms with E-state index >= 15 is 0 Å². The molecular weight excluding hydrogens is 326 g/mol. The second-order valence-corrected chi connectivity index (χ2v) is 5.04. The van der Waals surface area contributed by atoms with Gasteiger partial charge in [0.15, 0.2) is 23.3 Å². The number of hydrogen-bond acceptors (Lipinski definition) is 7. The van der Waals surface area contributed by atoms with Crippen molar-refractivity contribution in [2.75, 3.05) is 28.4 Å². The Morgan fingerprint density at radius 1 is 1.08 bits per heavy atom. The Labute approximate surface area is 146 Å². The molecule has 0 aliphatic rings. The molecule has 0 spiro atoms. The molecule has 2 aromatic rings. The van der Waals surface area contributed by atoms with Crippen molar-refractivity contribution in [3.05, 3.63) is 29.4 Å². The van der Waals surface area contributed by atoms with E-state index in [1.165, 1.54) is 0 Å². The monoisotopic (exact) mass is 349 g/mol. The van der Waals surface area contributed by atoms with Gasteiger partial charge in [-0.3, -0.25) is 4.99 Å². The van der Waals surface area contributed by atoms with Crippen LogP contribution in [0.2, 0.25) is 0 Å². The van der Waals surface area contributed by atoms with E-state index in [1.807, 2.05) is 12.1 Å². The molecule has 0 radical (unpaired) electrons. The number of benzene rings is 1. The van der Waals surface area contributed by atoms with Gasteiger partial charge < -0.3 is 29.4 Å². The molecule has 0 saturated heterocycles. The van der Waals surface area contributed by atoms with Crippen LogP contribution >= 0.6 is 0 Å². The van der Waals surface area contributed by atoms with Crippen LogP contribution in [0.3, 0.4) is 0 Å². The lowest BCUT2D eigenvalue weighted by Crippen LogP contribution is -2.36. The molecule has 0 bridgehead atoms. The normalized spacial score (nSPS) is 11.2. The Balaban J connectivity index is 2.01. The maximum Gasteiger partial charge on any atom is 0.223 e. The zero-order valence-corrected chi connectivity index (χ0v) is 15.0. The highest BCUT2D eigenvalue weighted by Gasteiger charge is 2.13. The molecule has 0 fully saturated rings. The average Bonchev–Trinajstić information content (AvgIpc) is 3.06. The molecule has 2 N–H and O–H groups in total. The summed E-state index contributed by atoms with van der Waals surface area (Å²) in [6.07, 6.45) is 0. The highest BCUT2D eigenvalue weighted by molar-refractivity contribution is 5.79. The SMILES string of the molecule is CN=C(NCc1cc(OC)c(OC)c(OC)c1)NCc1noc(C)n1. The Morgan fingerprint density at radius 2 is 1.72 bits per heavy atom. The lowest BCUT2D eigenvalue weighted by atomic mass is 10.2. The van der Waals surface area contributed by atoms with Crippen molar-refractivity contribution >= 4 is 5.96 Å². The highest BCUT2D eigenvalue weighted by atomic mass is 16.5. The van der Waals surface area contributed by atoms with Crippen molar-refractivity contribution in [3.8, 4) is 17.2 Å². The molecule has 0 aliphatic heterocycles. The van der Waals surface area contributed by atoms with Gasteiger partial charge >= 0.3 is 0 Å². The van der Waals surface area contributed by atoms with Gasteiger partial charge in [-0.25, -0.2) is 0 Å². The Kier molecular flexibility index (Phi) is 6.44. The number of hydrogen-bond donors (Lipinski definition) is 2. The van der Waals surface area contributed by atoms with E-state index in [-0.39, 0.29) is 0 Å². The first-order valence-electron chi connectivity index (χ1n) is 7.63. The maximum atomic E-state index is 5.35. The van der Waals surface area contributed by atoms with Crippen LogP contribution in [0, 0.1) is 6.92 Å². The molecule has 0 aliphatic carbocycles. The molecular formula is C16H23N5O4. The fourth-order valence-electron chi connectivity index (χ4n) is 2.22. The summed E-state index contributed by atoms with van der Waals surface area (Å²) in [6, 6.07) is 3.76. The maximum absolute atomic E-state index is 5.35. The van der Waals surface area contributed by atoms with E-state index < -0.39 is 0 Å². The summed E-state index contributed by atoms with van der Waals surface area (Å²) in [6.45, 7) is 2.67. The molecule has 0 saturated carbocycles. The van der Waals surface area contributed by atoms with Gasteiger partial charge in [0.2, 0.25) is 11.6 Å². The molecule has 2 rings (SSSR count). The minimum absolute atomic E-state index is 0.409. The van der Waals surface area contributed by atoms with Crippen LogP contribution in [0.15, 0.2) is 21.6 Å². The van der Waals surface area contributed by atoms with E-state index in [9.17, 15) is 0 Å². The summed E-state index contributed by atoms with van der Waals surface area (Å²) in [7, 11) is 6.43. The fraction of sp³-hybridized carbons (Fsp3) is 0.438. The number of methoxy groups -OCH3 is 3. The third-order valence-corrected chi connectivity index (χ3v) is 3.39. The van der Waals surface area contributed by atoms with Crippen molar-refractivity contribution in [1.29, 1.82) is 0 Å². The van der Waals surface area contributed by atoms with Crippen molar-refractivity contribution in [2.24, 2.45) is 4.99 Å². The molecule has 1 aromatic carbocycles. The lowest BCUT2D eigenvalue weighted by molar-refractivity contribution is 0.323. The van der Waals surface area contributed by atoms with Gasteiger partial charge in [0.05, 0.1) is 27.9 Å². The van der Waals surface area contributed by atoms with E-state index in [2.05, 4.69) is 25.8 Å². The van der Waals surface area contributed by atoms with Gasteiger partial charge in [-0.15, -0.1) is 0 Å². The van der Waals surface area contributed by atoms with Crippen LogP contribution in [-0.4, -0.2) is 44.5 Å². The molecule has 0 unspecified atom stereocenters. The quantitative estimate of drug-likeness (QED) is 0.569. The molecule has 0 atom stereocenters. The first-order valence-corrected chi connectivity index (χ1v) is 7.63. The first kappa shape index (κ1) is 18.4. The van der Waals surface area contributed by atoms with Crippen molar-refractivity contribution < 1.29 is 18.7 Å². The largest absolute Gasteiger partial charge is 0.493 e. The third kappa shape index (κ3) is 4.75. The minimum Gasteiger partial charge on any atom is -0.493 e. The standard InChI is InChI=1S/C16H23N5O4/c1-10-20-14(21-25-10)9-19-16(17-2)18-8-11-6-12(22-3)15(24-5)13(7-11)23-4/h6-7H,8-9H2,1-5H3,(H2,17,18,19). The van der Waals surface area contributed by atoms with E-state index in [0.717, 1.165) is 5.56 Å². The number of nitrogens with zero attached hydrogens (tertiary/aromatic N) is 3. The Morgan fingerprint density at radius 3 is 2.20 bits per heavy atom. The topological polar surface area (TPSA) is 103 Å². The first-order chi connectivity index (χ1) is 12.1. The van der Waals surface area contributed by atoms with Crippen molar-refractivity contribution in [2.45, 2.75) is 20.0 Å². The van der Waals surface area contributed by atoms with Crippen molar-refractivity contribution in [3.63, 3.8) is 0 Å². The molecule has 136 valence electrons. The number of rotatable bonds is 7. The zero-order chi connectivity index (χ0) is 18.2. The molecule has 1 heterocycles. The lowest BCUT2D eigenvalue weighted by Gasteiger charge is -2.15. The molecule has 25 heavy (non-hydrogen) atoms. The summed E-state index contributed by atoms with van der Waals surface area (Å²) in [5.74, 6) is 3.46. The van der Waals surface area contributed by atoms with Gasteiger partial charge in [-0.2, -0.15) is 4.98 Å². The van der Waals surface area contributed by atoms with E-state index in [4.69, 9.17) is 18.7 Å². The van der Waals surface area contributed by atoms with Gasteiger partial charge in [0.25, 0.3) is 0 Å². The van der Waals surface area contributed by atoms with Gasteiger partial charge in [-0.1, -0.05) is 5.16 Å². The van der Waals surface area contributed by atoms with Crippen LogP contribution in [0.1, 0.15) is 17.3 Å². The average molecular weight is 349 g/mol. The van der Waals surface area contributed by atoms with Crippen LogP contribution < -0.4 is 24.8 Å². The summed E-state index contributed by atoms with van der Waals surface area (Å²) in [5.41, 5.74) is 0.952. The predicted molar refractivity (Wildman–Crippen MR) is 92.2 cm³/mol. The molecule has 9 nitrogen and oxygen atoms in total. The summed E-state index contributed by atoms with van der Waals surface area (Å²) in [5, 5.41) is 10.1. The number of guanidine groups is 1. The number of aliphatic imine (C=N–C) groups is 1. The number of aromatic nitrogens is 2. The van der Waals surface area contributed by atoms with Gasteiger partial charge in [-0.05, 0) is 17.7 Å². The molecule has 1 aromatic heterocycles. The predicted octanol–water partition coefficient (Wildman–Crippen LogP) is 1.27. The Bertz CT molecular complexity index is 704. The third-order valence-electron chi connectivity index (χ3n) is 3.39. The Hall–Kier alpha value is -2.97. The fourth-order valence-corrected chi connectivity index (χ4v) is 2.22. The number of ether oxygens (including phenoxy) is 3. The molecule has 0 amide bonds. The van der Waals surface area contributed by atoms with Crippen LogP contribution in [0.4, 0.5) is 0 Å². The van der Waals surface area contributed by atoms with E-state index in [1.54, 1.807) is 35.3 Å². The second-order valence-electron chi connectivity index (χ2n) is 5.04. The van der Waals surface area contributed by atoms with Gasteiger partial charge in [0.1, 0.15) is 0 Å². The van der Waals surface area contributed by atoms with Crippen LogP contribution in [0.25, 0.3) is 0 Å². The van der Waals surface area contributed by atoms with Gasteiger partial charge in [0, 0.05) is 20.5 Å². The smallest absolute Gasteiger partial charge is 0.223 e. The van der Waals surface area contributed by atoms with Crippen LogP contribution in [0.5, 0.6) is 17.2 Å². The van der Waals surface area contributed by atoms with E-state index in [0.29, 0.717) is 48.0 Å². The number of nitrogens with one attached hydrogen (secondary N) is 2. The summed E-state index contributed by atoms with van der Waals surface area (Å²) < 4.78 is 21.0. The molecule has 9 heteroatoms. The van der Waals surface area contributed by atoms with Crippen molar-refractivity contribution in [1.82, 2.24) is 20.8 Å². The second kappa shape index (κ2) is 8.76. The summed E-state index contributed by atoms with van der Waals surface area (Å²) in [4.78, 5) is 8.29. The number of aryl methyl sites for hydroxylation is 1. The zero-order valence-electron chi connectivity index (χ0n) is 15.0. The minimum atomic E-state index is 0.409. The van der Waals surface area contributed by atoms with Crippen LogP contribution in [-0.2, 0) is 13.1 Å².